The molecule has 0 saturated carbocycles. The maximum atomic E-state index is 13.1. The smallest absolute Gasteiger partial charge is 0.256 e. The zero-order chi connectivity index (χ0) is 21.1. The van der Waals surface area contributed by atoms with E-state index in [9.17, 15) is 13.2 Å². The molecule has 2 heterocycles. The molecule has 1 aliphatic rings. The Balaban J connectivity index is 1.63. The van der Waals surface area contributed by atoms with Crippen LogP contribution in [0.5, 0.6) is 5.75 Å². The number of aromatic nitrogens is 2. The Bertz CT molecular complexity index is 1210. The van der Waals surface area contributed by atoms with Crippen LogP contribution in [0.15, 0.2) is 59.8 Å². The van der Waals surface area contributed by atoms with Crippen molar-refractivity contribution in [3.05, 3.63) is 60.4 Å². The second-order valence-corrected chi connectivity index (χ2v) is 9.06. The van der Waals surface area contributed by atoms with Crippen molar-refractivity contribution in [3.8, 4) is 5.75 Å². The SMILES string of the molecule is COc1ccc(/C=C/C(=O)n2cnc3ccccc32)cc1S(=O)(=O)N1CCCCC1. The molecule has 3 aromatic rings. The van der Waals surface area contributed by atoms with Crippen LogP contribution in [-0.4, -0.2) is 48.4 Å². The fourth-order valence-electron chi connectivity index (χ4n) is 3.63. The van der Waals surface area contributed by atoms with Crippen LogP contribution >= 0.6 is 0 Å². The number of methoxy groups -OCH3 is 1. The Morgan fingerprint density at radius 3 is 2.63 bits per heavy atom. The molecule has 8 heteroatoms. The lowest BCUT2D eigenvalue weighted by Crippen LogP contribution is -2.35. The molecule has 0 spiro atoms. The minimum absolute atomic E-state index is 0.120. The first-order chi connectivity index (χ1) is 14.5. The number of para-hydroxylation sites is 2. The van der Waals surface area contributed by atoms with Crippen molar-refractivity contribution in [1.82, 2.24) is 13.9 Å². The molecule has 0 aliphatic carbocycles. The number of hydrogen-bond acceptors (Lipinski definition) is 5. The van der Waals surface area contributed by atoms with Gasteiger partial charge in [-0.15, -0.1) is 0 Å². The number of hydrogen-bond donors (Lipinski definition) is 0. The molecule has 2 aromatic carbocycles. The highest BCUT2D eigenvalue weighted by molar-refractivity contribution is 7.89. The molecule has 1 aromatic heterocycles. The second-order valence-electron chi connectivity index (χ2n) is 7.15. The molecular formula is C22H23N3O4S. The van der Waals surface area contributed by atoms with Gasteiger partial charge in [-0.2, -0.15) is 4.31 Å². The third-order valence-corrected chi connectivity index (χ3v) is 7.15. The average Bonchev–Trinajstić information content (AvgIpc) is 3.22. The Hall–Kier alpha value is -2.97. The molecule has 30 heavy (non-hydrogen) atoms. The van der Waals surface area contributed by atoms with E-state index in [4.69, 9.17) is 4.74 Å². The minimum atomic E-state index is -3.66. The van der Waals surface area contributed by atoms with Crippen LogP contribution in [0, 0.1) is 0 Å². The van der Waals surface area contributed by atoms with E-state index in [0.717, 1.165) is 30.3 Å². The zero-order valence-electron chi connectivity index (χ0n) is 16.7. The van der Waals surface area contributed by atoms with E-state index in [-0.39, 0.29) is 10.8 Å². The zero-order valence-corrected chi connectivity index (χ0v) is 17.5. The number of carbonyl (C=O) groups excluding carboxylic acids is 1. The van der Waals surface area contributed by atoms with E-state index in [1.807, 2.05) is 24.3 Å². The summed E-state index contributed by atoms with van der Waals surface area (Å²) in [5, 5.41) is 0. The van der Waals surface area contributed by atoms with Crippen LogP contribution in [0.25, 0.3) is 17.1 Å². The second kappa shape index (κ2) is 8.41. The Morgan fingerprint density at radius 2 is 1.87 bits per heavy atom. The fraction of sp³-hybridized carbons (Fsp3) is 0.273. The van der Waals surface area contributed by atoms with Gasteiger partial charge in [0, 0.05) is 19.2 Å². The summed E-state index contributed by atoms with van der Waals surface area (Å²) >= 11 is 0. The molecule has 0 unspecified atom stereocenters. The van der Waals surface area contributed by atoms with Crippen molar-refractivity contribution >= 4 is 33.0 Å². The normalized spacial score (nSPS) is 15.6. The number of carbonyl (C=O) groups is 1. The summed E-state index contributed by atoms with van der Waals surface area (Å²) in [6.07, 6.45) is 7.25. The third-order valence-electron chi connectivity index (χ3n) is 5.23. The molecular weight excluding hydrogens is 402 g/mol. The summed E-state index contributed by atoms with van der Waals surface area (Å²) in [6.45, 7) is 1.02. The lowest BCUT2D eigenvalue weighted by molar-refractivity contribution is 0.0974. The summed E-state index contributed by atoms with van der Waals surface area (Å²) in [5.41, 5.74) is 2.05. The molecule has 0 amide bonds. The van der Waals surface area contributed by atoms with Crippen molar-refractivity contribution in [1.29, 1.82) is 0 Å². The third kappa shape index (κ3) is 3.88. The molecule has 1 aliphatic heterocycles. The fourth-order valence-corrected chi connectivity index (χ4v) is 5.33. The van der Waals surface area contributed by atoms with Gasteiger partial charge in [-0.3, -0.25) is 9.36 Å². The Kier molecular flexibility index (Phi) is 5.69. The summed E-state index contributed by atoms with van der Waals surface area (Å²) in [4.78, 5) is 17.0. The summed E-state index contributed by atoms with van der Waals surface area (Å²) in [5.74, 6) is 0.0320. The lowest BCUT2D eigenvalue weighted by atomic mass is 10.2. The van der Waals surface area contributed by atoms with Crippen LogP contribution in [0.1, 0.15) is 29.6 Å². The highest BCUT2D eigenvalue weighted by Crippen LogP contribution is 2.30. The van der Waals surface area contributed by atoms with Crippen molar-refractivity contribution in [2.45, 2.75) is 24.2 Å². The molecule has 0 bridgehead atoms. The van der Waals surface area contributed by atoms with Crippen LogP contribution < -0.4 is 4.74 Å². The van der Waals surface area contributed by atoms with Gasteiger partial charge >= 0.3 is 0 Å². The van der Waals surface area contributed by atoms with Gasteiger partial charge in [0.05, 0.1) is 18.1 Å². The highest BCUT2D eigenvalue weighted by Gasteiger charge is 2.29. The van der Waals surface area contributed by atoms with Crippen LogP contribution in [0.3, 0.4) is 0 Å². The summed E-state index contributed by atoms with van der Waals surface area (Å²) in [7, 11) is -2.21. The number of ether oxygens (including phenoxy) is 1. The van der Waals surface area contributed by atoms with Crippen molar-refractivity contribution < 1.29 is 17.9 Å². The number of sulfonamides is 1. The lowest BCUT2D eigenvalue weighted by Gasteiger charge is -2.26. The van der Waals surface area contributed by atoms with E-state index < -0.39 is 10.0 Å². The first-order valence-corrected chi connectivity index (χ1v) is 11.3. The Morgan fingerprint density at radius 1 is 1.10 bits per heavy atom. The van der Waals surface area contributed by atoms with E-state index >= 15 is 0 Å². The molecule has 4 rings (SSSR count). The molecule has 7 nitrogen and oxygen atoms in total. The topological polar surface area (TPSA) is 81.5 Å². The minimum Gasteiger partial charge on any atom is -0.495 e. The van der Waals surface area contributed by atoms with Gasteiger partial charge in [0.15, 0.2) is 0 Å². The number of benzene rings is 2. The van der Waals surface area contributed by atoms with Crippen LogP contribution in [-0.2, 0) is 10.0 Å². The van der Waals surface area contributed by atoms with E-state index in [0.29, 0.717) is 24.4 Å². The van der Waals surface area contributed by atoms with E-state index in [2.05, 4.69) is 4.98 Å². The maximum Gasteiger partial charge on any atom is 0.256 e. The van der Waals surface area contributed by atoms with E-state index in [1.165, 1.54) is 28.4 Å². The van der Waals surface area contributed by atoms with Gasteiger partial charge < -0.3 is 4.74 Å². The van der Waals surface area contributed by atoms with Gasteiger partial charge in [-0.05, 0) is 48.7 Å². The first-order valence-electron chi connectivity index (χ1n) is 9.83. The number of imidazole rings is 1. The number of allylic oxidation sites excluding steroid dienone is 1. The first kappa shape index (κ1) is 20.3. The standard InChI is InChI=1S/C22H23N3O4S/c1-29-20-11-9-17(15-21(20)30(27,28)24-13-5-2-6-14-24)10-12-22(26)25-16-23-18-7-3-4-8-19(18)25/h3-4,7-12,15-16H,2,5-6,13-14H2,1H3/b12-10+. The number of rotatable bonds is 5. The number of piperidine rings is 1. The van der Waals surface area contributed by atoms with Crippen molar-refractivity contribution in [2.24, 2.45) is 0 Å². The predicted molar refractivity (Wildman–Crippen MR) is 115 cm³/mol. The van der Waals surface area contributed by atoms with E-state index in [1.54, 1.807) is 24.3 Å². The number of nitrogens with zero attached hydrogens (tertiary/aromatic N) is 3. The molecule has 1 fully saturated rings. The highest BCUT2D eigenvalue weighted by atomic mass is 32.2. The molecule has 0 radical (unpaired) electrons. The van der Waals surface area contributed by atoms with Gasteiger partial charge in [0.25, 0.3) is 5.91 Å². The molecule has 156 valence electrons. The van der Waals surface area contributed by atoms with Gasteiger partial charge in [0.2, 0.25) is 10.0 Å². The average molecular weight is 426 g/mol. The molecule has 0 atom stereocenters. The van der Waals surface area contributed by atoms with Gasteiger partial charge in [-0.25, -0.2) is 13.4 Å². The monoisotopic (exact) mass is 425 g/mol. The predicted octanol–water partition coefficient (Wildman–Crippen LogP) is 3.57. The molecule has 1 saturated heterocycles. The maximum absolute atomic E-state index is 13.1. The molecule has 0 N–H and O–H groups in total. The quantitative estimate of drug-likeness (QED) is 0.584. The summed E-state index contributed by atoms with van der Waals surface area (Å²) < 4.78 is 34.5. The largest absolute Gasteiger partial charge is 0.495 e. The number of fused-ring (bicyclic) bond motifs is 1. The van der Waals surface area contributed by atoms with Crippen molar-refractivity contribution in [2.75, 3.05) is 20.2 Å². The van der Waals surface area contributed by atoms with Gasteiger partial charge in [0.1, 0.15) is 17.0 Å². The van der Waals surface area contributed by atoms with Gasteiger partial charge in [-0.1, -0.05) is 24.6 Å². The summed E-state index contributed by atoms with van der Waals surface area (Å²) in [6, 6.07) is 12.3. The van der Waals surface area contributed by atoms with Crippen LogP contribution in [0.2, 0.25) is 0 Å². The van der Waals surface area contributed by atoms with Crippen molar-refractivity contribution in [3.63, 3.8) is 0 Å². The Labute approximate surface area is 175 Å². The van der Waals surface area contributed by atoms with Crippen LogP contribution in [0.4, 0.5) is 0 Å².